The predicted molar refractivity (Wildman–Crippen MR) is 80.7 cm³/mol. The van der Waals surface area contributed by atoms with Gasteiger partial charge >= 0.3 is 5.97 Å². The number of carbonyl (C=O) groups is 1. The van der Waals surface area contributed by atoms with E-state index in [-0.39, 0.29) is 12.1 Å². The Morgan fingerprint density at radius 2 is 2.10 bits per heavy atom. The van der Waals surface area contributed by atoms with E-state index in [1.54, 1.807) is 0 Å². The van der Waals surface area contributed by atoms with E-state index in [1.807, 2.05) is 0 Å². The number of aliphatic carboxylic acids is 1. The number of carboxylic acid groups (broad SMARTS) is 1. The maximum absolute atomic E-state index is 11.5. The maximum atomic E-state index is 11.5. The van der Waals surface area contributed by atoms with Gasteiger partial charge < -0.3 is 9.84 Å². The molecule has 2 unspecified atom stereocenters. The third-order valence-corrected chi connectivity index (χ3v) is 4.91. The molecule has 0 saturated carbocycles. The van der Waals surface area contributed by atoms with Crippen LogP contribution in [0.15, 0.2) is 12.1 Å². The molecule has 1 aromatic carbocycles. The zero-order chi connectivity index (χ0) is 15.0. The Morgan fingerprint density at radius 3 is 2.86 bits per heavy atom. The van der Waals surface area contributed by atoms with Crippen LogP contribution in [-0.4, -0.2) is 35.2 Å². The Labute approximate surface area is 125 Å². The van der Waals surface area contributed by atoms with E-state index in [2.05, 4.69) is 30.9 Å². The minimum atomic E-state index is -0.692. The zero-order valence-corrected chi connectivity index (χ0v) is 12.8. The molecule has 0 aliphatic carbocycles. The maximum Gasteiger partial charge on any atom is 0.320 e. The monoisotopic (exact) mass is 289 g/mol. The van der Waals surface area contributed by atoms with Gasteiger partial charge in [0, 0.05) is 11.6 Å². The van der Waals surface area contributed by atoms with E-state index in [1.165, 1.54) is 16.7 Å². The predicted octanol–water partition coefficient (Wildman–Crippen LogP) is 3.07. The van der Waals surface area contributed by atoms with Crippen molar-refractivity contribution in [2.75, 3.05) is 13.2 Å². The first-order valence-corrected chi connectivity index (χ1v) is 7.81. The second-order valence-corrected chi connectivity index (χ2v) is 6.17. The van der Waals surface area contributed by atoms with Gasteiger partial charge in [0.1, 0.15) is 11.8 Å². The molecule has 0 aromatic heterocycles. The number of hydrogen-bond acceptors (Lipinski definition) is 3. The first-order valence-electron chi connectivity index (χ1n) is 7.81. The first-order chi connectivity index (χ1) is 10.1. The number of hydrogen-bond donors (Lipinski definition) is 1. The molecule has 3 rings (SSSR count). The standard InChI is InChI=1S/C17H23NO3/c1-11-7-8-13-14(6-4-10-21-16(13)12(11)2)18-9-3-5-15(18)17(19)20/h7-8,14-15H,3-6,9-10H2,1-2H3,(H,19,20). The summed E-state index contributed by atoms with van der Waals surface area (Å²) < 4.78 is 5.97. The Bertz CT molecular complexity index is 555. The quantitative estimate of drug-likeness (QED) is 0.909. The average Bonchev–Trinajstić information content (AvgIpc) is 2.84. The highest BCUT2D eigenvalue weighted by atomic mass is 16.5. The van der Waals surface area contributed by atoms with E-state index in [0.717, 1.165) is 44.6 Å². The highest BCUT2D eigenvalue weighted by Crippen LogP contribution is 2.41. The number of carboxylic acids is 1. The number of benzene rings is 1. The molecule has 1 aromatic rings. The van der Waals surface area contributed by atoms with Crippen LogP contribution >= 0.6 is 0 Å². The van der Waals surface area contributed by atoms with Crippen molar-refractivity contribution in [1.29, 1.82) is 0 Å². The minimum absolute atomic E-state index is 0.172. The van der Waals surface area contributed by atoms with Crippen molar-refractivity contribution < 1.29 is 14.6 Å². The number of aryl methyl sites for hydroxylation is 1. The summed E-state index contributed by atoms with van der Waals surface area (Å²) in [6.07, 6.45) is 3.67. The third-order valence-electron chi connectivity index (χ3n) is 4.91. The summed E-state index contributed by atoms with van der Waals surface area (Å²) in [5.74, 6) is 0.289. The number of fused-ring (bicyclic) bond motifs is 1. The normalized spacial score (nSPS) is 26.0. The number of ether oxygens (including phenoxy) is 1. The van der Waals surface area contributed by atoms with Crippen LogP contribution in [0.4, 0.5) is 0 Å². The Balaban J connectivity index is 2.01. The van der Waals surface area contributed by atoms with Crippen molar-refractivity contribution in [3.05, 3.63) is 28.8 Å². The molecule has 2 aliphatic heterocycles. The van der Waals surface area contributed by atoms with Crippen molar-refractivity contribution in [2.45, 2.75) is 51.6 Å². The molecule has 0 radical (unpaired) electrons. The summed E-state index contributed by atoms with van der Waals surface area (Å²) in [7, 11) is 0. The molecule has 114 valence electrons. The van der Waals surface area contributed by atoms with Crippen molar-refractivity contribution in [2.24, 2.45) is 0 Å². The smallest absolute Gasteiger partial charge is 0.320 e. The van der Waals surface area contributed by atoms with E-state index in [9.17, 15) is 9.90 Å². The fourth-order valence-corrected chi connectivity index (χ4v) is 3.64. The van der Waals surface area contributed by atoms with Gasteiger partial charge in [0.15, 0.2) is 0 Å². The van der Waals surface area contributed by atoms with Gasteiger partial charge in [-0.2, -0.15) is 0 Å². The van der Waals surface area contributed by atoms with Gasteiger partial charge in [-0.05, 0) is 57.2 Å². The number of rotatable bonds is 2. The summed E-state index contributed by atoms with van der Waals surface area (Å²) in [6.45, 7) is 5.78. The molecular formula is C17H23NO3. The largest absolute Gasteiger partial charge is 0.493 e. The summed E-state index contributed by atoms with van der Waals surface area (Å²) in [4.78, 5) is 13.7. The lowest BCUT2D eigenvalue weighted by Gasteiger charge is -2.31. The highest BCUT2D eigenvalue weighted by Gasteiger charge is 2.37. The number of likely N-dealkylation sites (tertiary alicyclic amines) is 1. The topological polar surface area (TPSA) is 49.8 Å². The molecule has 1 fully saturated rings. The van der Waals surface area contributed by atoms with E-state index in [0.29, 0.717) is 0 Å². The fourth-order valence-electron chi connectivity index (χ4n) is 3.64. The van der Waals surface area contributed by atoms with Crippen LogP contribution in [-0.2, 0) is 4.79 Å². The molecule has 4 heteroatoms. The molecule has 4 nitrogen and oxygen atoms in total. The van der Waals surface area contributed by atoms with Crippen LogP contribution in [0, 0.1) is 13.8 Å². The van der Waals surface area contributed by atoms with E-state index in [4.69, 9.17) is 4.74 Å². The molecule has 21 heavy (non-hydrogen) atoms. The van der Waals surface area contributed by atoms with Crippen LogP contribution < -0.4 is 4.74 Å². The Hall–Kier alpha value is -1.55. The molecule has 1 N–H and O–H groups in total. The SMILES string of the molecule is Cc1ccc2c(c1C)OCCCC2N1CCCC1C(=O)O. The lowest BCUT2D eigenvalue weighted by atomic mass is 9.95. The third kappa shape index (κ3) is 2.53. The Kier molecular flexibility index (Phi) is 3.89. The van der Waals surface area contributed by atoms with Crippen molar-refractivity contribution in [1.82, 2.24) is 4.90 Å². The molecular weight excluding hydrogens is 266 g/mol. The molecule has 0 bridgehead atoms. The Morgan fingerprint density at radius 1 is 1.29 bits per heavy atom. The lowest BCUT2D eigenvalue weighted by molar-refractivity contribution is -0.143. The summed E-state index contributed by atoms with van der Waals surface area (Å²) in [5, 5.41) is 9.46. The lowest BCUT2D eigenvalue weighted by Crippen LogP contribution is -2.38. The molecule has 2 aliphatic rings. The van der Waals surface area contributed by atoms with Gasteiger partial charge in [0.25, 0.3) is 0 Å². The van der Waals surface area contributed by atoms with Crippen LogP contribution in [0.1, 0.15) is 48.4 Å². The number of nitrogens with zero attached hydrogens (tertiary/aromatic N) is 1. The minimum Gasteiger partial charge on any atom is -0.493 e. The van der Waals surface area contributed by atoms with Crippen LogP contribution in [0.3, 0.4) is 0 Å². The van der Waals surface area contributed by atoms with Crippen molar-refractivity contribution in [3.8, 4) is 5.75 Å². The van der Waals surface area contributed by atoms with Gasteiger partial charge in [-0.15, -0.1) is 0 Å². The van der Waals surface area contributed by atoms with Crippen LogP contribution in [0.5, 0.6) is 5.75 Å². The zero-order valence-electron chi connectivity index (χ0n) is 12.8. The first kappa shape index (κ1) is 14.4. The molecule has 1 saturated heterocycles. The van der Waals surface area contributed by atoms with Crippen molar-refractivity contribution >= 4 is 5.97 Å². The second-order valence-electron chi connectivity index (χ2n) is 6.17. The fraction of sp³-hybridized carbons (Fsp3) is 0.588. The van der Waals surface area contributed by atoms with Crippen LogP contribution in [0.2, 0.25) is 0 Å². The second kappa shape index (κ2) is 5.68. The summed E-state index contributed by atoms with van der Waals surface area (Å²) in [5.41, 5.74) is 3.58. The van der Waals surface area contributed by atoms with Gasteiger partial charge in [-0.1, -0.05) is 12.1 Å². The molecule has 0 spiro atoms. The molecule has 2 heterocycles. The molecule has 2 atom stereocenters. The van der Waals surface area contributed by atoms with Gasteiger partial charge in [-0.3, -0.25) is 9.69 Å². The van der Waals surface area contributed by atoms with E-state index >= 15 is 0 Å². The van der Waals surface area contributed by atoms with E-state index < -0.39 is 5.97 Å². The summed E-state index contributed by atoms with van der Waals surface area (Å²) >= 11 is 0. The molecule has 0 amide bonds. The summed E-state index contributed by atoms with van der Waals surface area (Å²) in [6, 6.07) is 4.08. The van der Waals surface area contributed by atoms with Gasteiger partial charge in [-0.25, -0.2) is 0 Å². The van der Waals surface area contributed by atoms with Gasteiger partial charge in [0.2, 0.25) is 0 Å². The van der Waals surface area contributed by atoms with Crippen molar-refractivity contribution in [3.63, 3.8) is 0 Å². The highest BCUT2D eigenvalue weighted by molar-refractivity contribution is 5.74. The average molecular weight is 289 g/mol. The van der Waals surface area contributed by atoms with Crippen LogP contribution in [0.25, 0.3) is 0 Å². The van der Waals surface area contributed by atoms with Gasteiger partial charge in [0.05, 0.1) is 6.61 Å².